The number of rotatable bonds is 3. The first-order chi connectivity index (χ1) is 10.7. The Morgan fingerprint density at radius 1 is 1.32 bits per heavy atom. The van der Waals surface area contributed by atoms with Gasteiger partial charge in [0.1, 0.15) is 11.9 Å². The average molecular weight is 293 g/mol. The van der Waals surface area contributed by atoms with Gasteiger partial charge in [-0.2, -0.15) is 5.10 Å². The highest BCUT2D eigenvalue weighted by molar-refractivity contribution is 5.95. The SMILES string of the molecule is C[C@@H]1Oc2ccccc2C=C1/C=N/NC(=O)c1cccnc1. The van der Waals surface area contributed by atoms with E-state index < -0.39 is 0 Å². The van der Waals surface area contributed by atoms with Crippen molar-refractivity contribution >= 4 is 18.2 Å². The normalized spacial score (nSPS) is 16.6. The van der Waals surface area contributed by atoms with E-state index in [2.05, 4.69) is 15.5 Å². The molecule has 0 spiro atoms. The molecule has 1 aliphatic heterocycles. The van der Waals surface area contributed by atoms with Gasteiger partial charge in [-0.1, -0.05) is 18.2 Å². The minimum atomic E-state index is -0.297. The lowest BCUT2D eigenvalue weighted by Crippen LogP contribution is -2.22. The first-order valence-electron chi connectivity index (χ1n) is 6.95. The molecule has 0 saturated carbocycles. The van der Waals surface area contributed by atoms with Crippen LogP contribution in [0.2, 0.25) is 0 Å². The molecular formula is C17H15N3O2. The summed E-state index contributed by atoms with van der Waals surface area (Å²) in [6.07, 6.45) is 6.60. The zero-order valence-corrected chi connectivity index (χ0v) is 12.1. The zero-order valence-electron chi connectivity index (χ0n) is 12.1. The van der Waals surface area contributed by atoms with Crippen LogP contribution in [0.3, 0.4) is 0 Å². The van der Waals surface area contributed by atoms with Crippen LogP contribution in [0, 0.1) is 0 Å². The lowest BCUT2D eigenvalue weighted by atomic mass is 10.0. The molecule has 1 aliphatic rings. The third kappa shape index (κ3) is 3.03. The summed E-state index contributed by atoms with van der Waals surface area (Å²) in [5.41, 5.74) is 4.84. The summed E-state index contributed by atoms with van der Waals surface area (Å²) >= 11 is 0. The molecule has 110 valence electrons. The van der Waals surface area contributed by atoms with E-state index in [1.54, 1.807) is 24.5 Å². The fraction of sp³-hybridized carbons (Fsp3) is 0.118. The number of carbonyl (C=O) groups is 1. The summed E-state index contributed by atoms with van der Waals surface area (Å²) in [6.45, 7) is 1.94. The average Bonchev–Trinajstić information content (AvgIpc) is 2.56. The number of hydrogen-bond acceptors (Lipinski definition) is 4. The van der Waals surface area contributed by atoms with Crippen LogP contribution in [0.25, 0.3) is 6.08 Å². The van der Waals surface area contributed by atoms with Gasteiger partial charge in [0.15, 0.2) is 0 Å². The molecule has 1 amide bonds. The van der Waals surface area contributed by atoms with Gasteiger partial charge in [0.05, 0.1) is 11.8 Å². The topological polar surface area (TPSA) is 63.6 Å². The van der Waals surface area contributed by atoms with E-state index in [4.69, 9.17) is 4.74 Å². The Kier molecular flexibility index (Phi) is 3.96. The summed E-state index contributed by atoms with van der Waals surface area (Å²) in [4.78, 5) is 15.7. The van der Waals surface area contributed by atoms with E-state index in [1.165, 1.54) is 6.20 Å². The van der Waals surface area contributed by atoms with Crippen LogP contribution in [-0.4, -0.2) is 23.2 Å². The number of fused-ring (bicyclic) bond motifs is 1. The van der Waals surface area contributed by atoms with Crippen LogP contribution < -0.4 is 10.2 Å². The van der Waals surface area contributed by atoms with Crippen LogP contribution in [0.4, 0.5) is 0 Å². The van der Waals surface area contributed by atoms with E-state index in [0.29, 0.717) is 5.56 Å². The van der Waals surface area contributed by atoms with Crippen molar-refractivity contribution in [2.75, 3.05) is 0 Å². The maximum atomic E-state index is 11.9. The number of nitrogens with zero attached hydrogens (tertiary/aromatic N) is 2. The number of carbonyl (C=O) groups excluding carboxylic acids is 1. The van der Waals surface area contributed by atoms with Crippen molar-refractivity contribution in [3.63, 3.8) is 0 Å². The summed E-state index contributed by atoms with van der Waals surface area (Å²) in [5.74, 6) is 0.557. The molecule has 0 bridgehead atoms. The Morgan fingerprint density at radius 3 is 3.00 bits per heavy atom. The largest absolute Gasteiger partial charge is 0.485 e. The number of amides is 1. The zero-order chi connectivity index (χ0) is 15.4. The highest BCUT2D eigenvalue weighted by Crippen LogP contribution is 2.28. The number of para-hydroxylation sites is 1. The van der Waals surface area contributed by atoms with Crippen molar-refractivity contribution in [3.05, 3.63) is 65.5 Å². The molecule has 0 radical (unpaired) electrons. The van der Waals surface area contributed by atoms with E-state index in [-0.39, 0.29) is 12.0 Å². The van der Waals surface area contributed by atoms with Gasteiger partial charge in [-0.05, 0) is 31.2 Å². The molecule has 22 heavy (non-hydrogen) atoms. The predicted molar refractivity (Wildman–Crippen MR) is 84.7 cm³/mol. The second-order valence-corrected chi connectivity index (χ2v) is 4.88. The summed E-state index contributed by atoms with van der Waals surface area (Å²) in [5, 5.41) is 3.99. The Morgan fingerprint density at radius 2 is 2.18 bits per heavy atom. The Labute approximate surface area is 128 Å². The van der Waals surface area contributed by atoms with E-state index in [9.17, 15) is 4.79 Å². The maximum absolute atomic E-state index is 11.9. The Bertz CT molecular complexity index is 739. The molecule has 2 heterocycles. The number of ether oxygens (including phenoxy) is 1. The maximum Gasteiger partial charge on any atom is 0.272 e. The lowest BCUT2D eigenvalue weighted by molar-refractivity contribution is 0.0954. The van der Waals surface area contributed by atoms with Gasteiger partial charge in [-0.25, -0.2) is 5.43 Å². The van der Waals surface area contributed by atoms with Gasteiger partial charge in [0.25, 0.3) is 5.91 Å². The molecule has 3 rings (SSSR count). The molecule has 1 atom stereocenters. The number of hydrogen-bond donors (Lipinski definition) is 1. The van der Waals surface area contributed by atoms with Crippen LogP contribution >= 0.6 is 0 Å². The highest BCUT2D eigenvalue weighted by atomic mass is 16.5. The number of hydrazone groups is 1. The number of benzene rings is 1. The minimum Gasteiger partial charge on any atom is -0.485 e. The first-order valence-corrected chi connectivity index (χ1v) is 6.95. The number of pyridine rings is 1. The van der Waals surface area contributed by atoms with Crippen LogP contribution in [0.15, 0.2) is 59.5 Å². The second-order valence-electron chi connectivity index (χ2n) is 4.88. The Balaban J connectivity index is 1.71. The van der Waals surface area contributed by atoms with Crippen molar-refractivity contribution in [2.24, 2.45) is 5.10 Å². The molecule has 0 aliphatic carbocycles. The quantitative estimate of drug-likeness (QED) is 0.699. The van der Waals surface area contributed by atoms with Crippen molar-refractivity contribution in [1.29, 1.82) is 0 Å². The molecule has 0 fully saturated rings. The van der Waals surface area contributed by atoms with Crippen molar-refractivity contribution in [1.82, 2.24) is 10.4 Å². The van der Waals surface area contributed by atoms with E-state index >= 15 is 0 Å². The molecule has 5 nitrogen and oxygen atoms in total. The summed E-state index contributed by atoms with van der Waals surface area (Å²) in [6, 6.07) is 11.2. The fourth-order valence-corrected chi connectivity index (χ4v) is 2.13. The molecule has 1 aromatic heterocycles. The van der Waals surface area contributed by atoms with E-state index in [1.807, 2.05) is 37.3 Å². The lowest BCUT2D eigenvalue weighted by Gasteiger charge is -2.22. The third-order valence-corrected chi connectivity index (χ3v) is 3.32. The van der Waals surface area contributed by atoms with E-state index in [0.717, 1.165) is 16.9 Å². The number of aromatic nitrogens is 1. The molecular weight excluding hydrogens is 278 g/mol. The minimum absolute atomic E-state index is 0.117. The molecule has 2 aromatic rings. The second kappa shape index (κ2) is 6.22. The standard InChI is InChI=1S/C17H15N3O2/c1-12-15(9-13-5-2-3-7-16(13)22-12)11-19-20-17(21)14-6-4-8-18-10-14/h2-12H,1H3,(H,20,21)/b19-11+/t12-/m0/s1. The molecule has 1 aromatic carbocycles. The summed E-state index contributed by atoms with van der Waals surface area (Å²) in [7, 11) is 0. The van der Waals surface area contributed by atoms with Crippen molar-refractivity contribution < 1.29 is 9.53 Å². The van der Waals surface area contributed by atoms with Gasteiger partial charge >= 0.3 is 0 Å². The van der Waals surface area contributed by atoms with Gasteiger partial charge in [0.2, 0.25) is 0 Å². The smallest absolute Gasteiger partial charge is 0.272 e. The third-order valence-electron chi connectivity index (χ3n) is 3.32. The van der Waals surface area contributed by atoms with Crippen molar-refractivity contribution in [3.8, 4) is 5.75 Å². The van der Waals surface area contributed by atoms with Gasteiger partial charge in [0, 0.05) is 23.5 Å². The van der Waals surface area contributed by atoms with Gasteiger partial charge in [-0.15, -0.1) is 0 Å². The molecule has 5 heteroatoms. The number of nitrogens with one attached hydrogen (secondary N) is 1. The van der Waals surface area contributed by atoms with Gasteiger partial charge < -0.3 is 4.74 Å². The monoisotopic (exact) mass is 293 g/mol. The van der Waals surface area contributed by atoms with Crippen molar-refractivity contribution in [2.45, 2.75) is 13.0 Å². The Hall–Kier alpha value is -2.95. The van der Waals surface area contributed by atoms with Gasteiger partial charge in [-0.3, -0.25) is 9.78 Å². The predicted octanol–water partition coefficient (Wildman–Crippen LogP) is 2.66. The fourth-order valence-electron chi connectivity index (χ4n) is 2.13. The van der Waals surface area contributed by atoms with Crippen LogP contribution in [0.1, 0.15) is 22.8 Å². The molecule has 1 N–H and O–H groups in total. The van der Waals surface area contributed by atoms with Crippen LogP contribution in [0.5, 0.6) is 5.75 Å². The molecule has 0 unspecified atom stereocenters. The summed E-state index contributed by atoms with van der Waals surface area (Å²) < 4.78 is 5.80. The highest BCUT2D eigenvalue weighted by Gasteiger charge is 2.16. The van der Waals surface area contributed by atoms with Crippen LogP contribution in [-0.2, 0) is 0 Å². The first kappa shape index (κ1) is 14.0. The molecule has 0 saturated heterocycles.